The first kappa shape index (κ1) is 36.6. The molecule has 0 N–H and O–H groups in total. The monoisotopic (exact) mass is 773 g/mol. The van der Waals surface area contributed by atoms with Crippen LogP contribution >= 0.6 is 0 Å². The number of benzene rings is 8. The normalized spacial score (nSPS) is 16.3. The minimum absolute atomic E-state index is 0.00816. The van der Waals surface area contributed by atoms with Gasteiger partial charge in [0, 0.05) is 22.5 Å². The van der Waals surface area contributed by atoms with Gasteiger partial charge in [-0.15, -0.1) is 0 Å². The molecular formula is C59H51N. The lowest BCUT2D eigenvalue weighted by Gasteiger charge is -2.33. The highest BCUT2D eigenvalue weighted by atomic mass is 15.1. The Labute approximate surface area is 356 Å². The van der Waals surface area contributed by atoms with Crippen LogP contribution in [-0.4, -0.2) is 0 Å². The summed E-state index contributed by atoms with van der Waals surface area (Å²) in [5.41, 5.74) is 24.3. The van der Waals surface area contributed by atoms with Crippen LogP contribution in [0, 0.1) is 0 Å². The molecule has 3 aliphatic rings. The van der Waals surface area contributed by atoms with Gasteiger partial charge in [0.25, 0.3) is 0 Å². The lowest BCUT2D eigenvalue weighted by molar-refractivity contribution is 0.588. The van der Waals surface area contributed by atoms with Crippen LogP contribution in [0.5, 0.6) is 0 Å². The van der Waals surface area contributed by atoms with Crippen LogP contribution in [-0.2, 0) is 16.2 Å². The van der Waals surface area contributed by atoms with Crippen molar-refractivity contribution in [3.8, 4) is 44.5 Å². The van der Waals surface area contributed by atoms with Crippen molar-refractivity contribution < 1.29 is 0 Å². The molecule has 60 heavy (non-hydrogen) atoms. The Morgan fingerprint density at radius 2 is 0.817 bits per heavy atom. The molecule has 8 aromatic rings. The molecular weight excluding hydrogens is 723 g/mol. The standard InChI is InChI=1S/C59H51N/c1-37(2)38-20-22-39(23-21-38)40-24-27-42(28-25-40)60(43-29-32-48-45-14-8-11-17-51(45)58(6,7)54(48)35-43)44-30-33-50-47-16-10-13-19-53(47)59(56(50)36-44)52-18-12-9-15-46(52)49-31-26-41(34-55(49)59)57(3,4)5/h8-37H,1-7H3. The number of anilines is 3. The van der Waals surface area contributed by atoms with E-state index in [1.165, 1.54) is 89.0 Å². The molecule has 0 amide bonds. The van der Waals surface area contributed by atoms with E-state index < -0.39 is 5.41 Å². The lowest BCUT2D eigenvalue weighted by Crippen LogP contribution is -2.27. The van der Waals surface area contributed by atoms with Crippen molar-refractivity contribution in [3.63, 3.8) is 0 Å². The summed E-state index contributed by atoms with van der Waals surface area (Å²) in [5, 5.41) is 0. The highest BCUT2D eigenvalue weighted by Crippen LogP contribution is 2.64. The van der Waals surface area contributed by atoms with Crippen molar-refractivity contribution in [2.45, 2.75) is 70.6 Å². The number of rotatable bonds is 5. The topological polar surface area (TPSA) is 3.24 Å². The zero-order valence-electron chi connectivity index (χ0n) is 35.8. The van der Waals surface area contributed by atoms with Gasteiger partial charge in [0.15, 0.2) is 0 Å². The van der Waals surface area contributed by atoms with E-state index >= 15 is 0 Å². The molecule has 1 atom stereocenters. The van der Waals surface area contributed by atoms with Crippen LogP contribution in [0.4, 0.5) is 17.1 Å². The molecule has 11 rings (SSSR count). The fraction of sp³-hybridized carbons (Fsp3) is 0.186. The Morgan fingerprint density at radius 3 is 1.37 bits per heavy atom. The average Bonchev–Trinajstić information content (AvgIpc) is 3.82. The number of nitrogens with zero attached hydrogens (tertiary/aromatic N) is 1. The van der Waals surface area contributed by atoms with Gasteiger partial charge in [-0.3, -0.25) is 0 Å². The zero-order valence-corrected chi connectivity index (χ0v) is 35.8. The molecule has 0 heterocycles. The molecule has 1 nitrogen and oxygen atoms in total. The summed E-state index contributed by atoms with van der Waals surface area (Å²) in [5.74, 6) is 0.506. The van der Waals surface area contributed by atoms with Crippen LogP contribution < -0.4 is 4.90 Å². The van der Waals surface area contributed by atoms with E-state index in [1.54, 1.807) is 0 Å². The Morgan fingerprint density at radius 1 is 0.400 bits per heavy atom. The van der Waals surface area contributed by atoms with E-state index in [9.17, 15) is 0 Å². The molecule has 0 fully saturated rings. The van der Waals surface area contributed by atoms with Gasteiger partial charge in [0.1, 0.15) is 0 Å². The Kier molecular flexibility index (Phi) is 7.95. The van der Waals surface area contributed by atoms with E-state index in [-0.39, 0.29) is 10.8 Å². The van der Waals surface area contributed by atoms with Crippen molar-refractivity contribution >= 4 is 17.1 Å². The first-order valence-electron chi connectivity index (χ1n) is 21.7. The highest BCUT2D eigenvalue weighted by Gasteiger charge is 2.52. The number of hydrogen-bond donors (Lipinski definition) is 0. The van der Waals surface area contributed by atoms with Gasteiger partial charge < -0.3 is 4.90 Å². The molecule has 3 aliphatic carbocycles. The summed E-state index contributed by atoms with van der Waals surface area (Å²) < 4.78 is 0. The summed E-state index contributed by atoms with van der Waals surface area (Å²) >= 11 is 0. The Hall–Kier alpha value is -6.44. The second-order valence-electron chi connectivity index (χ2n) is 19.1. The Balaban J connectivity index is 1.14. The van der Waals surface area contributed by atoms with Gasteiger partial charge in [0.2, 0.25) is 0 Å². The van der Waals surface area contributed by atoms with E-state index in [0.717, 1.165) is 17.1 Å². The van der Waals surface area contributed by atoms with Gasteiger partial charge in [-0.25, -0.2) is 0 Å². The summed E-state index contributed by atoms with van der Waals surface area (Å²) in [7, 11) is 0. The maximum Gasteiger partial charge on any atom is 0.0726 e. The first-order valence-corrected chi connectivity index (χ1v) is 21.7. The minimum atomic E-state index is -0.450. The lowest BCUT2D eigenvalue weighted by atomic mass is 9.69. The second-order valence-corrected chi connectivity index (χ2v) is 19.1. The second kappa shape index (κ2) is 13.0. The minimum Gasteiger partial charge on any atom is -0.310 e. The third-order valence-electron chi connectivity index (χ3n) is 14.1. The van der Waals surface area contributed by atoms with Crippen molar-refractivity contribution in [1.29, 1.82) is 0 Å². The van der Waals surface area contributed by atoms with E-state index in [2.05, 4.69) is 229 Å². The van der Waals surface area contributed by atoms with E-state index in [4.69, 9.17) is 0 Å². The molecule has 292 valence electrons. The third-order valence-corrected chi connectivity index (χ3v) is 14.1. The van der Waals surface area contributed by atoms with Crippen LogP contribution in [0.3, 0.4) is 0 Å². The summed E-state index contributed by atoms with van der Waals surface area (Å²) in [4.78, 5) is 2.50. The average molecular weight is 774 g/mol. The summed E-state index contributed by atoms with van der Waals surface area (Å²) in [6, 6.07) is 67.2. The van der Waals surface area contributed by atoms with Crippen molar-refractivity contribution in [2.75, 3.05) is 4.90 Å². The Bertz CT molecular complexity index is 3000. The zero-order chi connectivity index (χ0) is 41.1. The molecule has 1 spiro atoms. The number of hydrogen-bond acceptors (Lipinski definition) is 1. The van der Waals surface area contributed by atoms with Gasteiger partial charge in [-0.2, -0.15) is 0 Å². The molecule has 0 aromatic heterocycles. The fourth-order valence-corrected chi connectivity index (χ4v) is 10.9. The smallest absolute Gasteiger partial charge is 0.0726 e. The highest BCUT2D eigenvalue weighted by molar-refractivity contribution is 5.97. The predicted molar refractivity (Wildman–Crippen MR) is 253 cm³/mol. The molecule has 0 aliphatic heterocycles. The molecule has 0 saturated carbocycles. The van der Waals surface area contributed by atoms with Gasteiger partial charge in [0.05, 0.1) is 5.41 Å². The van der Waals surface area contributed by atoms with Crippen LogP contribution in [0.2, 0.25) is 0 Å². The van der Waals surface area contributed by atoms with Crippen LogP contribution in [0.1, 0.15) is 98.9 Å². The van der Waals surface area contributed by atoms with Gasteiger partial charge in [-0.1, -0.05) is 188 Å². The van der Waals surface area contributed by atoms with Crippen molar-refractivity contribution in [2.24, 2.45) is 0 Å². The third kappa shape index (κ3) is 5.18. The molecule has 0 radical (unpaired) electrons. The van der Waals surface area contributed by atoms with Crippen LogP contribution in [0.25, 0.3) is 44.5 Å². The quantitative estimate of drug-likeness (QED) is 0.168. The summed E-state index contributed by atoms with van der Waals surface area (Å²) in [6.45, 7) is 16.3. The van der Waals surface area contributed by atoms with Gasteiger partial charge in [-0.05, 0) is 137 Å². The summed E-state index contributed by atoms with van der Waals surface area (Å²) in [6.07, 6.45) is 0. The van der Waals surface area contributed by atoms with Crippen molar-refractivity contribution in [1.82, 2.24) is 0 Å². The molecule has 1 unspecified atom stereocenters. The number of fused-ring (bicyclic) bond motifs is 13. The molecule has 1 heteroatoms. The SMILES string of the molecule is CC(C)c1ccc(-c2ccc(N(c3ccc4c(c3)C(C)(C)c3ccccc3-4)c3ccc4c(c3)C3(c5ccccc5-4)c4ccccc4-c4ccc(C(C)(C)C)cc43)cc2)cc1. The van der Waals surface area contributed by atoms with Crippen molar-refractivity contribution in [3.05, 3.63) is 220 Å². The largest absolute Gasteiger partial charge is 0.310 e. The molecule has 8 aromatic carbocycles. The fourth-order valence-electron chi connectivity index (χ4n) is 10.9. The van der Waals surface area contributed by atoms with E-state index in [1.807, 2.05) is 0 Å². The van der Waals surface area contributed by atoms with Crippen LogP contribution in [0.15, 0.2) is 176 Å². The molecule has 0 saturated heterocycles. The maximum absolute atomic E-state index is 2.53. The van der Waals surface area contributed by atoms with Gasteiger partial charge >= 0.3 is 0 Å². The molecule has 0 bridgehead atoms. The van der Waals surface area contributed by atoms with E-state index in [0.29, 0.717) is 5.92 Å². The maximum atomic E-state index is 2.53. The first-order chi connectivity index (χ1) is 29.0. The predicted octanol–water partition coefficient (Wildman–Crippen LogP) is 15.9.